The lowest BCUT2D eigenvalue weighted by Crippen LogP contribution is -2.08. The smallest absolute Gasteiger partial charge is 0.159 e. The maximum atomic E-state index is 12.9. The topological polar surface area (TPSA) is 44.2 Å². The van der Waals surface area contributed by atoms with Crippen LogP contribution in [0.1, 0.15) is 71.6 Å². The maximum absolute atomic E-state index is 12.9. The number of benzene rings is 2. The van der Waals surface area contributed by atoms with Crippen LogP contribution >= 0.6 is 0 Å². The maximum Gasteiger partial charge on any atom is 0.159 e. The molecule has 3 aromatic rings. The average molecular weight is 479 g/mol. The predicted molar refractivity (Wildman–Crippen MR) is 142 cm³/mol. The van der Waals surface area contributed by atoms with Crippen LogP contribution in [-0.4, -0.2) is 29.4 Å². The first-order valence-corrected chi connectivity index (χ1v) is 13.1. The third kappa shape index (κ3) is 9.67. The molecule has 4 nitrogen and oxygen atoms in total. The van der Waals surface area contributed by atoms with Crippen molar-refractivity contribution in [3.63, 3.8) is 0 Å². The van der Waals surface area contributed by atoms with Crippen molar-refractivity contribution in [3.05, 3.63) is 60.9 Å². The van der Waals surface area contributed by atoms with Crippen LogP contribution in [0.5, 0.6) is 11.5 Å². The summed E-state index contributed by atoms with van der Waals surface area (Å²) in [6.45, 7) is 4.55. The van der Waals surface area contributed by atoms with Gasteiger partial charge >= 0.3 is 0 Å². The molecule has 0 spiro atoms. The Balaban J connectivity index is 1.40. The molecule has 3 rings (SSSR count). The van der Waals surface area contributed by atoms with Crippen LogP contribution in [0.3, 0.4) is 0 Å². The van der Waals surface area contributed by atoms with Crippen LogP contribution < -0.4 is 9.47 Å². The van der Waals surface area contributed by atoms with Crippen LogP contribution in [-0.2, 0) is 0 Å². The highest BCUT2D eigenvalue weighted by Crippen LogP contribution is 2.24. The standard InChI is InChI=1S/C30H39FN2O2/c1-3-4-5-6-7-8-9-10-11-20-34-28-16-12-25(13-17-28)27-21-32-30(33-22-27)26-14-18-29(19-15-26)35-23-24(2)31/h12-19,21-22,24H,3-11,20,23H2,1-2H3. The molecule has 0 radical (unpaired) electrons. The highest BCUT2D eigenvalue weighted by molar-refractivity contribution is 5.64. The molecule has 0 aliphatic rings. The van der Waals surface area contributed by atoms with Crippen LogP contribution in [0, 0.1) is 0 Å². The second kappa shape index (κ2) is 15.1. The van der Waals surface area contributed by atoms with Crippen molar-refractivity contribution < 1.29 is 13.9 Å². The van der Waals surface area contributed by atoms with E-state index in [1.165, 1.54) is 58.3 Å². The predicted octanol–water partition coefficient (Wildman–Crippen LogP) is 8.46. The van der Waals surface area contributed by atoms with Crippen molar-refractivity contribution in [1.29, 1.82) is 0 Å². The molecule has 0 bridgehead atoms. The van der Waals surface area contributed by atoms with Gasteiger partial charge in [-0.15, -0.1) is 0 Å². The van der Waals surface area contributed by atoms with E-state index in [1.54, 1.807) is 0 Å². The third-order valence-electron chi connectivity index (χ3n) is 5.95. The number of rotatable bonds is 16. The zero-order valence-electron chi connectivity index (χ0n) is 21.2. The molecule has 1 aromatic heterocycles. The number of nitrogens with zero attached hydrogens (tertiary/aromatic N) is 2. The Kier molecular flexibility index (Phi) is 11.5. The van der Waals surface area contributed by atoms with Gasteiger partial charge in [-0.05, 0) is 55.3 Å². The van der Waals surface area contributed by atoms with Crippen molar-refractivity contribution >= 4 is 0 Å². The number of unbranched alkanes of at least 4 members (excludes halogenated alkanes) is 8. The number of hydrogen-bond acceptors (Lipinski definition) is 4. The van der Waals surface area contributed by atoms with E-state index < -0.39 is 6.17 Å². The summed E-state index contributed by atoms with van der Waals surface area (Å²) in [7, 11) is 0. The highest BCUT2D eigenvalue weighted by Gasteiger charge is 2.06. The molecule has 0 fully saturated rings. The van der Waals surface area contributed by atoms with E-state index in [-0.39, 0.29) is 6.61 Å². The summed E-state index contributed by atoms with van der Waals surface area (Å²) in [5.41, 5.74) is 2.89. The number of hydrogen-bond donors (Lipinski definition) is 0. The van der Waals surface area contributed by atoms with Gasteiger partial charge in [0.25, 0.3) is 0 Å². The molecule has 1 unspecified atom stereocenters. The molecule has 0 amide bonds. The van der Waals surface area contributed by atoms with Crippen molar-refractivity contribution in [2.24, 2.45) is 0 Å². The lowest BCUT2D eigenvalue weighted by atomic mass is 10.1. The minimum Gasteiger partial charge on any atom is -0.494 e. The molecular formula is C30H39FN2O2. The zero-order valence-corrected chi connectivity index (χ0v) is 21.2. The summed E-state index contributed by atoms with van der Waals surface area (Å²) in [5, 5.41) is 0. The fourth-order valence-electron chi connectivity index (χ4n) is 3.88. The Morgan fingerprint density at radius 1 is 0.657 bits per heavy atom. The lowest BCUT2D eigenvalue weighted by molar-refractivity contribution is 0.210. The van der Waals surface area contributed by atoms with Crippen molar-refractivity contribution in [2.75, 3.05) is 13.2 Å². The van der Waals surface area contributed by atoms with E-state index in [1.807, 2.05) is 60.9 Å². The number of aromatic nitrogens is 2. The van der Waals surface area contributed by atoms with E-state index >= 15 is 0 Å². The van der Waals surface area contributed by atoms with E-state index in [4.69, 9.17) is 9.47 Å². The Bertz CT molecular complexity index is 957. The van der Waals surface area contributed by atoms with E-state index in [2.05, 4.69) is 16.9 Å². The summed E-state index contributed by atoms with van der Waals surface area (Å²) in [6.07, 6.45) is 14.5. The summed E-state index contributed by atoms with van der Waals surface area (Å²) < 4.78 is 24.2. The lowest BCUT2D eigenvalue weighted by Gasteiger charge is -2.08. The highest BCUT2D eigenvalue weighted by atomic mass is 19.1. The Morgan fingerprint density at radius 3 is 1.74 bits per heavy atom. The second-order valence-corrected chi connectivity index (χ2v) is 9.11. The largest absolute Gasteiger partial charge is 0.494 e. The molecule has 188 valence electrons. The first kappa shape index (κ1) is 26.7. The SMILES string of the molecule is CCCCCCCCCCCOc1ccc(-c2cnc(-c3ccc(OCC(C)F)cc3)nc2)cc1. The third-order valence-corrected chi connectivity index (χ3v) is 5.95. The van der Waals surface area contributed by atoms with Crippen molar-refractivity contribution in [1.82, 2.24) is 9.97 Å². The monoisotopic (exact) mass is 478 g/mol. The van der Waals surface area contributed by atoms with Gasteiger partial charge in [0.1, 0.15) is 24.3 Å². The van der Waals surface area contributed by atoms with Crippen LogP contribution in [0.4, 0.5) is 4.39 Å². The van der Waals surface area contributed by atoms with E-state index in [0.29, 0.717) is 11.6 Å². The Morgan fingerprint density at radius 2 is 1.17 bits per heavy atom. The Hall–Kier alpha value is -2.95. The fourth-order valence-corrected chi connectivity index (χ4v) is 3.88. The van der Waals surface area contributed by atoms with Gasteiger partial charge in [-0.1, -0.05) is 70.4 Å². The minimum absolute atomic E-state index is 0.0492. The summed E-state index contributed by atoms with van der Waals surface area (Å²) >= 11 is 0. The number of ether oxygens (including phenoxy) is 2. The molecule has 1 atom stereocenters. The van der Waals surface area contributed by atoms with Gasteiger partial charge in [0.05, 0.1) is 6.61 Å². The van der Waals surface area contributed by atoms with Gasteiger partial charge in [-0.25, -0.2) is 14.4 Å². The second-order valence-electron chi connectivity index (χ2n) is 9.11. The van der Waals surface area contributed by atoms with Crippen molar-refractivity contribution in [3.8, 4) is 34.0 Å². The molecule has 35 heavy (non-hydrogen) atoms. The molecule has 5 heteroatoms. The quantitative estimate of drug-likeness (QED) is 0.194. The summed E-state index contributed by atoms with van der Waals surface area (Å²) in [4.78, 5) is 9.03. The van der Waals surface area contributed by atoms with Crippen LogP contribution in [0.25, 0.3) is 22.5 Å². The van der Waals surface area contributed by atoms with Gasteiger partial charge < -0.3 is 9.47 Å². The van der Waals surface area contributed by atoms with E-state index in [9.17, 15) is 4.39 Å². The Labute approximate surface area is 209 Å². The van der Waals surface area contributed by atoms with Crippen molar-refractivity contribution in [2.45, 2.75) is 77.8 Å². The summed E-state index contributed by atoms with van der Waals surface area (Å²) in [5.74, 6) is 2.17. The summed E-state index contributed by atoms with van der Waals surface area (Å²) in [6, 6.07) is 15.5. The first-order chi connectivity index (χ1) is 17.2. The molecule has 2 aromatic carbocycles. The molecule has 1 heterocycles. The molecule has 0 N–H and O–H groups in total. The normalized spacial score (nSPS) is 11.9. The van der Waals surface area contributed by atoms with Gasteiger partial charge in [0.2, 0.25) is 0 Å². The zero-order chi connectivity index (χ0) is 24.7. The average Bonchev–Trinajstić information content (AvgIpc) is 2.89. The molecule has 0 saturated carbocycles. The number of halogens is 1. The molecular weight excluding hydrogens is 439 g/mol. The van der Waals surface area contributed by atoms with Crippen LogP contribution in [0.15, 0.2) is 60.9 Å². The van der Waals surface area contributed by atoms with Gasteiger partial charge in [0, 0.05) is 23.5 Å². The van der Waals surface area contributed by atoms with Crippen LogP contribution in [0.2, 0.25) is 0 Å². The molecule has 0 saturated heterocycles. The first-order valence-electron chi connectivity index (χ1n) is 13.1. The minimum atomic E-state index is -0.995. The van der Waals surface area contributed by atoms with Gasteiger partial charge in [0.15, 0.2) is 5.82 Å². The number of alkyl halides is 1. The molecule has 0 aliphatic carbocycles. The van der Waals surface area contributed by atoms with E-state index in [0.717, 1.165) is 35.5 Å². The fraction of sp³-hybridized carbons (Fsp3) is 0.467. The van der Waals surface area contributed by atoms with Gasteiger partial charge in [-0.3, -0.25) is 0 Å². The van der Waals surface area contributed by atoms with Gasteiger partial charge in [-0.2, -0.15) is 0 Å². The molecule has 0 aliphatic heterocycles.